The van der Waals surface area contributed by atoms with E-state index in [9.17, 15) is 9.00 Å². The zero-order valence-electron chi connectivity index (χ0n) is 11.0. The van der Waals surface area contributed by atoms with Crippen molar-refractivity contribution in [1.82, 2.24) is 15.1 Å². The Morgan fingerprint density at radius 1 is 1.50 bits per heavy atom. The van der Waals surface area contributed by atoms with Gasteiger partial charge >= 0.3 is 0 Å². The van der Waals surface area contributed by atoms with Crippen LogP contribution in [0.3, 0.4) is 0 Å². The van der Waals surface area contributed by atoms with Gasteiger partial charge in [-0.05, 0) is 20.3 Å². The second-order valence-electron chi connectivity index (χ2n) is 4.22. The minimum Gasteiger partial charge on any atom is -0.396 e. The molecule has 0 spiro atoms. The molecule has 6 nitrogen and oxygen atoms in total. The smallest absolute Gasteiger partial charge is 0.241 e. The highest BCUT2D eigenvalue weighted by Crippen LogP contribution is 2.14. The minimum absolute atomic E-state index is 0.109. The van der Waals surface area contributed by atoms with Gasteiger partial charge in [0.2, 0.25) is 5.91 Å². The maximum Gasteiger partial charge on any atom is 0.241 e. The molecular weight excluding hydrogens is 252 g/mol. The highest BCUT2D eigenvalue weighted by Gasteiger charge is 2.10. The van der Waals surface area contributed by atoms with Crippen molar-refractivity contribution in [2.24, 2.45) is 0 Å². The van der Waals surface area contributed by atoms with E-state index in [1.54, 1.807) is 10.9 Å². The molecule has 1 aromatic rings. The van der Waals surface area contributed by atoms with Crippen LogP contribution in [-0.2, 0) is 22.1 Å². The number of hydrogen-bond acceptors (Lipinski definition) is 4. The topological polar surface area (TPSA) is 90.0 Å². The maximum absolute atomic E-state index is 11.6. The highest BCUT2D eigenvalue weighted by atomic mass is 32.2. The number of nitrogens with zero attached hydrogens (tertiary/aromatic N) is 2. The molecule has 0 saturated heterocycles. The van der Waals surface area contributed by atoms with Gasteiger partial charge in [0.1, 0.15) is 6.54 Å². The van der Waals surface area contributed by atoms with Gasteiger partial charge in [0.15, 0.2) is 0 Å². The van der Waals surface area contributed by atoms with Crippen LogP contribution < -0.4 is 11.1 Å². The lowest BCUT2D eigenvalue weighted by Crippen LogP contribution is -2.29. The van der Waals surface area contributed by atoms with Crippen LogP contribution in [0, 0.1) is 13.8 Å². The van der Waals surface area contributed by atoms with Crippen molar-refractivity contribution in [2.75, 3.05) is 24.3 Å². The number of nitrogen functional groups attached to an aromatic ring is 1. The lowest BCUT2D eigenvalue weighted by atomic mass is 10.3. The van der Waals surface area contributed by atoms with Gasteiger partial charge in [-0.1, -0.05) is 0 Å². The number of carbonyl (C=O) groups is 1. The summed E-state index contributed by atoms with van der Waals surface area (Å²) in [4.78, 5) is 11.6. The molecule has 0 radical (unpaired) electrons. The Hall–Kier alpha value is -1.37. The first-order valence-electron chi connectivity index (χ1n) is 5.78. The van der Waals surface area contributed by atoms with Crippen molar-refractivity contribution < 1.29 is 9.00 Å². The molecule has 0 fully saturated rings. The molecule has 0 saturated carbocycles. The number of carbonyl (C=O) groups excluding carboxylic acids is 1. The molecule has 0 aliphatic carbocycles. The number of amides is 1. The van der Waals surface area contributed by atoms with Crippen LogP contribution in [0.25, 0.3) is 0 Å². The second-order valence-corrected chi connectivity index (χ2v) is 5.78. The van der Waals surface area contributed by atoms with Crippen molar-refractivity contribution in [3.63, 3.8) is 0 Å². The minimum atomic E-state index is -0.807. The fourth-order valence-corrected chi connectivity index (χ4v) is 2.11. The Morgan fingerprint density at radius 3 is 2.67 bits per heavy atom. The third-order valence-electron chi connectivity index (χ3n) is 2.66. The Bertz CT molecular complexity index is 456. The van der Waals surface area contributed by atoms with Crippen molar-refractivity contribution in [3.8, 4) is 0 Å². The summed E-state index contributed by atoms with van der Waals surface area (Å²) in [5, 5.41) is 6.96. The molecule has 1 atom stereocenters. The summed E-state index contributed by atoms with van der Waals surface area (Å²) in [6.07, 6.45) is 2.37. The van der Waals surface area contributed by atoms with Crippen LogP contribution in [0.5, 0.6) is 0 Å². The highest BCUT2D eigenvalue weighted by molar-refractivity contribution is 7.84. The van der Waals surface area contributed by atoms with E-state index in [1.165, 1.54) is 0 Å². The zero-order valence-corrected chi connectivity index (χ0v) is 11.8. The predicted octanol–water partition coefficient (Wildman–Crippen LogP) is -0.0331. The molecule has 3 N–H and O–H groups in total. The molecule has 1 aromatic heterocycles. The predicted molar refractivity (Wildman–Crippen MR) is 72.7 cm³/mol. The maximum atomic E-state index is 11.6. The summed E-state index contributed by atoms with van der Waals surface area (Å²) in [7, 11) is -0.807. The van der Waals surface area contributed by atoms with E-state index in [2.05, 4.69) is 10.4 Å². The van der Waals surface area contributed by atoms with Gasteiger partial charge in [0.05, 0.1) is 17.1 Å². The molecular formula is C11H20N4O2S. The molecule has 18 heavy (non-hydrogen) atoms. The van der Waals surface area contributed by atoms with Crippen molar-refractivity contribution in [2.45, 2.75) is 26.8 Å². The Kier molecular flexibility index (Phi) is 5.33. The first-order chi connectivity index (χ1) is 8.41. The molecule has 1 rings (SSSR count). The number of anilines is 1. The molecule has 7 heteroatoms. The monoisotopic (exact) mass is 272 g/mol. The fraction of sp³-hybridized carbons (Fsp3) is 0.636. The van der Waals surface area contributed by atoms with Crippen molar-refractivity contribution in [1.29, 1.82) is 0 Å². The van der Waals surface area contributed by atoms with Gasteiger partial charge < -0.3 is 11.1 Å². The van der Waals surface area contributed by atoms with E-state index in [4.69, 9.17) is 5.73 Å². The molecule has 0 bridgehead atoms. The van der Waals surface area contributed by atoms with E-state index < -0.39 is 10.8 Å². The summed E-state index contributed by atoms with van der Waals surface area (Å²) in [6, 6.07) is 0. The zero-order chi connectivity index (χ0) is 13.7. The van der Waals surface area contributed by atoms with E-state index in [0.29, 0.717) is 24.4 Å². The molecule has 1 unspecified atom stereocenters. The third-order valence-corrected chi connectivity index (χ3v) is 3.53. The van der Waals surface area contributed by atoms with Crippen LogP contribution in [0.2, 0.25) is 0 Å². The van der Waals surface area contributed by atoms with Crippen molar-refractivity contribution >= 4 is 22.4 Å². The summed E-state index contributed by atoms with van der Waals surface area (Å²) >= 11 is 0. The average Bonchev–Trinajstić information content (AvgIpc) is 2.52. The average molecular weight is 272 g/mol. The summed E-state index contributed by atoms with van der Waals surface area (Å²) < 4.78 is 12.4. The second kappa shape index (κ2) is 6.53. The van der Waals surface area contributed by atoms with Gasteiger partial charge in [-0.3, -0.25) is 13.7 Å². The summed E-state index contributed by atoms with van der Waals surface area (Å²) in [5.41, 5.74) is 7.95. The number of nitrogens with two attached hydrogens (primary N) is 1. The van der Waals surface area contributed by atoms with Gasteiger partial charge in [-0.15, -0.1) is 0 Å². The Labute approximate surface area is 109 Å². The fourth-order valence-electron chi connectivity index (χ4n) is 1.56. The molecule has 0 aromatic carbocycles. The van der Waals surface area contributed by atoms with Gasteiger partial charge in [-0.25, -0.2) is 0 Å². The molecule has 102 valence electrons. The summed E-state index contributed by atoms with van der Waals surface area (Å²) in [6.45, 7) is 4.35. The van der Waals surface area contributed by atoms with Crippen LogP contribution in [0.15, 0.2) is 0 Å². The first kappa shape index (κ1) is 14.7. The Balaban J connectivity index is 2.40. The molecule has 0 aliphatic rings. The number of nitrogens with one attached hydrogen (secondary N) is 1. The number of aryl methyl sites for hydroxylation is 1. The van der Waals surface area contributed by atoms with Crippen LogP contribution in [0.1, 0.15) is 17.8 Å². The number of aromatic nitrogens is 2. The van der Waals surface area contributed by atoms with Gasteiger partial charge in [0.25, 0.3) is 0 Å². The first-order valence-corrected chi connectivity index (χ1v) is 7.50. The standard InChI is InChI=1S/C11H20N4O2S/c1-8-11(12)9(2)15(14-8)7-10(16)13-5-4-6-18(3)17/h4-7,12H2,1-3H3,(H,13,16). The lowest BCUT2D eigenvalue weighted by Gasteiger charge is -2.06. The largest absolute Gasteiger partial charge is 0.396 e. The van der Waals surface area contributed by atoms with E-state index in [0.717, 1.165) is 11.4 Å². The summed E-state index contributed by atoms with van der Waals surface area (Å²) in [5.74, 6) is 0.495. The quantitative estimate of drug-likeness (QED) is 0.711. The third kappa shape index (κ3) is 4.14. The lowest BCUT2D eigenvalue weighted by molar-refractivity contribution is -0.121. The number of rotatable bonds is 6. The van der Waals surface area contributed by atoms with Crippen molar-refractivity contribution in [3.05, 3.63) is 11.4 Å². The van der Waals surface area contributed by atoms with E-state index in [1.807, 2.05) is 13.8 Å². The normalized spacial score (nSPS) is 12.4. The molecule has 0 aliphatic heterocycles. The number of hydrogen-bond donors (Lipinski definition) is 2. The molecule has 1 heterocycles. The van der Waals surface area contributed by atoms with E-state index in [-0.39, 0.29) is 12.5 Å². The van der Waals surface area contributed by atoms with Gasteiger partial charge in [0, 0.05) is 29.4 Å². The van der Waals surface area contributed by atoms with Crippen LogP contribution >= 0.6 is 0 Å². The molecule has 1 amide bonds. The Morgan fingerprint density at radius 2 is 2.17 bits per heavy atom. The van der Waals surface area contributed by atoms with Gasteiger partial charge in [-0.2, -0.15) is 5.10 Å². The van der Waals surface area contributed by atoms with Crippen LogP contribution in [-0.4, -0.2) is 38.4 Å². The SMILES string of the molecule is Cc1nn(CC(=O)NCCCS(C)=O)c(C)c1N. The van der Waals surface area contributed by atoms with Crippen LogP contribution in [0.4, 0.5) is 5.69 Å². The van der Waals surface area contributed by atoms with E-state index >= 15 is 0 Å².